The normalized spacial score (nSPS) is 18.5. The summed E-state index contributed by atoms with van der Waals surface area (Å²) >= 11 is 0. The van der Waals surface area contributed by atoms with Gasteiger partial charge in [0.15, 0.2) is 11.6 Å². The summed E-state index contributed by atoms with van der Waals surface area (Å²) in [7, 11) is 0. The third-order valence-corrected chi connectivity index (χ3v) is 5.39. The molecular formula is C22H20N4O2. The SMILES string of the molecule is Cc1ccc(-c2nc3n(n2)C(c2ccc(O)cc2)C2=C(CCCC2=O)N3)cc1. The lowest BCUT2D eigenvalue weighted by Gasteiger charge is -2.32. The Morgan fingerprint density at radius 1 is 1.07 bits per heavy atom. The van der Waals surface area contributed by atoms with E-state index in [0.29, 0.717) is 18.2 Å². The molecule has 0 amide bonds. The first-order valence-corrected chi connectivity index (χ1v) is 9.46. The van der Waals surface area contributed by atoms with E-state index < -0.39 is 0 Å². The van der Waals surface area contributed by atoms with E-state index in [9.17, 15) is 9.90 Å². The molecule has 1 aliphatic heterocycles. The van der Waals surface area contributed by atoms with Crippen LogP contribution in [0.2, 0.25) is 0 Å². The van der Waals surface area contributed by atoms with Gasteiger partial charge in [-0.3, -0.25) is 4.79 Å². The maximum Gasteiger partial charge on any atom is 0.226 e. The van der Waals surface area contributed by atoms with Crippen molar-refractivity contribution in [2.75, 3.05) is 5.32 Å². The molecule has 5 rings (SSSR count). The Kier molecular flexibility index (Phi) is 3.79. The van der Waals surface area contributed by atoms with Gasteiger partial charge in [0.05, 0.1) is 0 Å². The molecule has 1 unspecified atom stereocenters. The van der Waals surface area contributed by atoms with E-state index in [1.807, 2.05) is 43.3 Å². The van der Waals surface area contributed by atoms with Gasteiger partial charge in [0.1, 0.15) is 11.8 Å². The average Bonchev–Trinajstić information content (AvgIpc) is 3.11. The first-order chi connectivity index (χ1) is 13.6. The molecule has 140 valence electrons. The Bertz CT molecular complexity index is 1090. The quantitative estimate of drug-likeness (QED) is 0.711. The molecule has 1 aromatic heterocycles. The molecule has 2 heterocycles. The molecule has 28 heavy (non-hydrogen) atoms. The topological polar surface area (TPSA) is 80.0 Å². The Morgan fingerprint density at radius 2 is 1.82 bits per heavy atom. The molecule has 0 bridgehead atoms. The van der Waals surface area contributed by atoms with Gasteiger partial charge in [-0.25, -0.2) is 4.68 Å². The predicted molar refractivity (Wildman–Crippen MR) is 106 cm³/mol. The Labute approximate surface area is 162 Å². The van der Waals surface area contributed by atoms with Crippen LogP contribution in [0.1, 0.15) is 36.4 Å². The van der Waals surface area contributed by atoms with E-state index in [1.54, 1.807) is 16.8 Å². The first kappa shape index (κ1) is 16.7. The zero-order valence-electron chi connectivity index (χ0n) is 15.5. The minimum absolute atomic E-state index is 0.143. The van der Waals surface area contributed by atoms with Gasteiger partial charge in [-0.1, -0.05) is 42.0 Å². The molecule has 6 nitrogen and oxygen atoms in total. The lowest BCUT2D eigenvalue weighted by atomic mass is 9.85. The summed E-state index contributed by atoms with van der Waals surface area (Å²) in [6.07, 6.45) is 2.21. The molecule has 0 saturated carbocycles. The summed E-state index contributed by atoms with van der Waals surface area (Å²) < 4.78 is 1.80. The van der Waals surface area contributed by atoms with Crippen molar-refractivity contribution in [3.05, 3.63) is 70.9 Å². The fourth-order valence-corrected chi connectivity index (χ4v) is 3.95. The molecule has 3 aromatic rings. The van der Waals surface area contributed by atoms with E-state index in [1.165, 1.54) is 5.56 Å². The number of phenols is 1. The number of aromatic hydroxyl groups is 1. The summed E-state index contributed by atoms with van der Waals surface area (Å²) in [5.41, 5.74) is 4.71. The van der Waals surface area contributed by atoms with Crippen LogP contribution in [0, 0.1) is 6.92 Å². The van der Waals surface area contributed by atoms with E-state index in [0.717, 1.165) is 35.2 Å². The number of ketones is 1. The van der Waals surface area contributed by atoms with Crippen LogP contribution < -0.4 is 5.32 Å². The third-order valence-electron chi connectivity index (χ3n) is 5.39. The molecule has 0 fully saturated rings. The molecule has 0 spiro atoms. The number of phenolic OH excluding ortho intramolecular Hbond substituents is 1. The number of carbonyl (C=O) groups excluding carboxylic acids is 1. The minimum atomic E-state index is -0.341. The molecule has 0 radical (unpaired) electrons. The molecule has 6 heteroatoms. The highest BCUT2D eigenvalue weighted by atomic mass is 16.3. The van der Waals surface area contributed by atoms with Crippen LogP contribution in [0.15, 0.2) is 59.8 Å². The second-order valence-electron chi connectivity index (χ2n) is 7.36. The highest BCUT2D eigenvalue weighted by Crippen LogP contribution is 2.40. The number of anilines is 1. The Hall–Kier alpha value is -3.41. The summed E-state index contributed by atoms with van der Waals surface area (Å²) in [6, 6.07) is 14.7. The number of rotatable bonds is 2. The lowest BCUT2D eigenvalue weighted by molar-refractivity contribution is -0.116. The minimum Gasteiger partial charge on any atom is -0.508 e. The number of fused-ring (bicyclic) bond motifs is 1. The number of nitrogens with zero attached hydrogens (tertiary/aromatic N) is 3. The number of aromatic nitrogens is 3. The van der Waals surface area contributed by atoms with Crippen molar-refractivity contribution >= 4 is 11.7 Å². The van der Waals surface area contributed by atoms with Crippen molar-refractivity contribution in [3.8, 4) is 17.1 Å². The van der Waals surface area contributed by atoms with E-state index >= 15 is 0 Å². The van der Waals surface area contributed by atoms with Crippen LogP contribution >= 0.6 is 0 Å². The van der Waals surface area contributed by atoms with Gasteiger partial charge in [0, 0.05) is 23.3 Å². The number of hydrogen-bond donors (Lipinski definition) is 2. The van der Waals surface area contributed by atoms with E-state index in [4.69, 9.17) is 10.1 Å². The third kappa shape index (κ3) is 2.69. The monoisotopic (exact) mass is 372 g/mol. The lowest BCUT2D eigenvalue weighted by Crippen LogP contribution is -2.31. The largest absolute Gasteiger partial charge is 0.508 e. The average molecular weight is 372 g/mol. The van der Waals surface area contributed by atoms with Crippen LogP contribution in [-0.2, 0) is 4.79 Å². The van der Waals surface area contributed by atoms with Gasteiger partial charge in [0.25, 0.3) is 0 Å². The van der Waals surface area contributed by atoms with Crippen LogP contribution in [0.25, 0.3) is 11.4 Å². The van der Waals surface area contributed by atoms with Crippen LogP contribution in [0.3, 0.4) is 0 Å². The molecule has 2 N–H and O–H groups in total. The van der Waals surface area contributed by atoms with Crippen molar-refractivity contribution in [1.82, 2.24) is 14.8 Å². The standard InChI is InChI=1S/C22H20N4O2/c1-13-5-7-15(8-6-13)21-24-22-23-17-3-2-4-18(28)19(17)20(26(22)25-21)14-9-11-16(27)12-10-14/h5-12,20,27H,2-4H2,1H3,(H,23,24,25). The van der Waals surface area contributed by atoms with Crippen molar-refractivity contribution in [2.45, 2.75) is 32.2 Å². The summed E-state index contributed by atoms with van der Waals surface area (Å²) in [6.45, 7) is 2.04. The van der Waals surface area contributed by atoms with Gasteiger partial charge < -0.3 is 10.4 Å². The number of nitrogens with one attached hydrogen (secondary N) is 1. The second-order valence-corrected chi connectivity index (χ2v) is 7.36. The smallest absolute Gasteiger partial charge is 0.226 e. The Morgan fingerprint density at radius 3 is 2.57 bits per heavy atom. The van der Waals surface area contributed by atoms with E-state index in [-0.39, 0.29) is 17.6 Å². The fourth-order valence-electron chi connectivity index (χ4n) is 3.95. The van der Waals surface area contributed by atoms with Gasteiger partial charge in [0.2, 0.25) is 5.95 Å². The van der Waals surface area contributed by atoms with Crippen molar-refractivity contribution in [3.63, 3.8) is 0 Å². The molecule has 0 saturated heterocycles. The first-order valence-electron chi connectivity index (χ1n) is 9.46. The molecular weight excluding hydrogens is 352 g/mol. The van der Waals surface area contributed by atoms with Crippen LogP contribution in [0.5, 0.6) is 5.75 Å². The molecule has 2 aliphatic rings. The molecule has 1 aliphatic carbocycles. The number of benzene rings is 2. The van der Waals surface area contributed by atoms with Crippen LogP contribution in [0.4, 0.5) is 5.95 Å². The van der Waals surface area contributed by atoms with Gasteiger partial charge >= 0.3 is 0 Å². The van der Waals surface area contributed by atoms with Gasteiger partial charge in [-0.05, 0) is 37.5 Å². The zero-order valence-corrected chi connectivity index (χ0v) is 15.5. The number of hydrogen-bond acceptors (Lipinski definition) is 5. The van der Waals surface area contributed by atoms with Gasteiger partial charge in [-0.15, -0.1) is 5.10 Å². The number of Topliss-reactive ketones (excluding diaryl/α,β-unsaturated/α-hetero) is 1. The highest BCUT2D eigenvalue weighted by Gasteiger charge is 2.36. The van der Waals surface area contributed by atoms with Gasteiger partial charge in [-0.2, -0.15) is 4.98 Å². The number of allylic oxidation sites excluding steroid dienone is 2. The second kappa shape index (κ2) is 6.34. The molecule has 2 aromatic carbocycles. The highest BCUT2D eigenvalue weighted by molar-refractivity contribution is 5.99. The van der Waals surface area contributed by atoms with Crippen LogP contribution in [-0.4, -0.2) is 25.7 Å². The summed E-state index contributed by atoms with van der Waals surface area (Å²) in [5.74, 6) is 1.60. The van der Waals surface area contributed by atoms with Crippen molar-refractivity contribution in [1.29, 1.82) is 0 Å². The molecule has 1 atom stereocenters. The summed E-state index contributed by atoms with van der Waals surface area (Å²) in [4.78, 5) is 17.5. The predicted octanol–water partition coefficient (Wildman–Crippen LogP) is 3.98. The fraction of sp³-hybridized carbons (Fsp3) is 0.227. The maximum absolute atomic E-state index is 12.8. The zero-order chi connectivity index (χ0) is 19.3. The number of aryl methyl sites for hydroxylation is 1. The summed E-state index contributed by atoms with van der Waals surface area (Å²) in [5, 5.41) is 17.8. The maximum atomic E-state index is 12.8. The Balaban J connectivity index is 1.66. The van der Waals surface area contributed by atoms with Crippen molar-refractivity contribution in [2.24, 2.45) is 0 Å². The van der Waals surface area contributed by atoms with Crippen molar-refractivity contribution < 1.29 is 9.90 Å². The number of carbonyl (C=O) groups is 1. The van der Waals surface area contributed by atoms with E-state index in [2.05, 4.69) is 5.32 Å².